The van der Waals surface area contributed by atoms with Crippen LogP contribution in [0.25, 0.3) is 0 Å². The van der Waals surface area contributed by atoms with Gasteiger partial charge in [-0.25, -0.2) is 0 Å². The summed E-state index contributed by atoms with van der Waals surface area (Å²) in [6.45, 7) is 12.7. The first-order valence-corrected chi connectivity index (χ1v) is 5.65. The van der Waals surface area contributed by atoms with E-state index < -0.39 is 0 Å². The average molecular weight is 186 g/mol. The lowest BCUT2D eigenvalue weighted by Gasteiger charge is -2.22. The van der Waals surface area contributed by atoms with Crippen LogP contribution in [-0.2, 0) is 0 Å². The highest BCUT2D eigenvalue weighted by molar-refractivity contribution is 4.57. The maximum atomic E-state index is 2.47. The predicted octanol–water partition coefficient (Wildman–Crippen LogP) is 2.06. The molecule has 0 aromatic rings. The number of nitrogens with zero attached hydrogens (tertiary/aromatic N) is 2. The van der Waals surface area contributed by atoms with Crippen LogP contribution in [-0.4, -0.2) is 49.6 Å². The maximum absolute atomic E-state index is 2.47. The summed E-state index contributed by atoms with van der Waals surface area (Å²) in [4.78, 5) is 4.91. The van der Waals surface area contributed by atoms with Gasteiger partial charge in [0.2, 0.25) is 0 Å². The molecule has 0 N–H and O–H groups in total. The quantitative estimate of drug-likeness (QED) is 0.572. The summed E-state index contributed by atoms with van der Waals surface area (Å²) in [5, 5.41) is 0. The fourth-order valence-corrected chi connectivity index (χ4v) is 1.39. The van der Waals surface area contributed by atoms with Gasteiger partial charge in [-0.15, -0.1) is 0 Å². The molecule has 0 bridgehead atoms. The monoisotopic (exact) mass is 186 g/mol. The van der Waals surface area contributed by atoms with Crippen molar-refractivity contribution in [1.82, 2.24) is 9.80 Å². The van der Waals surface area contributed by atoms with E-state index in [9.17, 15) is 0 Å². The number of likely N-dealkylation sites (N-methyl/N-ethyl adjacent to an activating group) is 2. The Balaban J connectivity index is 3.38. The van der Waals surface area contributed by atoms with E-state index in [0.29, 0.717) is 0 Å². The van der Waals surface area contributed by atoms with Crippen molar-refractivity contribution in [2.75, 3.05) is 39.8 Å². The van der Waals surface area contributed by atoms with Crippen molar-refractivity contribution in [2.45, 2.75) is 33.6 Å². The summed E-state index contributed by atoms with van der Waals surface area (Å²) in [5.74, 6) is 0. The normalized spacial score (nSPS) is 11.5. The zero-order chi connectivity index (χ0) is 10.1. The first-order valence-electron chi connectivity index (χ1n) is 5.65. The summed E-state index contributed by atoms with van der Waals surface area (Å²) in [5.41, 5.74) is 0. The highest BCUT2D eigenvalue weighted by Crippen LogP contribution is 1.93. The lowest BCUT2D eigenvalue weighted by atomic mass is 10.3. The van der Waals surface area contributed by atoms with Crippen molar-refractivity contribution in [3.05, 3.63) is 0 Å². The fraction of sp³-hybridized carbons (Fsp3) is 1.00. The van der Waals surface area contributed by atoms with Gasteiger partial charge in [-0.1, -0.05) is 27.2 Å². The average Bonchev–Trinajstić information content (AvgIpc) is 2.16. The van der Waals surface area contributed by atoms with E-state index >= 15 is 0 Å². The van der Waals surface area contributed by atoms with Gasteiger partial charge in [-0.05, 0) is 33.1 Å². The minimum Gasteiger partial charge on any atom is -0.305 e. The summed E-state index contributed by atoms with van der Waals surface area (Å²) in [6, 6.07) is 0. The number of unbranched alkanes of at least 4 members (excludes halogenated alkanes) is 1. The van der Waals surface area contributed by atoms with Crippen molar-refractivity contribution in [3.63, 3.8) is 0 Å². The summed E-state index contributed by atoms with van der Waals surface area (Å²) >= 11 is 0. The van der Waals surface area contributed by atoms with Crippen LogP contribution in [0.15, 0.2) is 0 Å². The number of rotatable bonds is 8. The summed E-state index contributed by atoms with van der Waals surface area (Å²) in [6.07, 6.45) is 2.63. The molecule has 0 rings (SSSR count). The van der Waals surface area contributed by atoms with Gasteiger partial charge in [-0.2, -0.15) is 0 Å². The lowest BCUT2D eigenvalue weighted by Crippen LogP contribution is -2.33. The SMILES string of the molecule is CCCCN(C)CCN(CC)CC. The Hall–Kier alpha value is -0.0800. The Kier molecular flexibility index (Phi) is 8.46. The van der Waals surface area contributed by atoms with Gasteiger partial charge >= 0.3 is 0 Å². The van der Waals surface area contributed by atoms with Crippen molar-refractivity contribution < 1.29 is 0 Å². The van der Waals surface area contributed by atoms with E-state index in [4.69, 9.17) is 0 Å². The molecule has 80 valence electrons. The molecule has 0 saturated carbocycles. The van der Waals surface area contributed by atoms with Crippen LogP contribution in [0.4, 0.5) is 0 Å². The van der Waals surface area contributed by atoms with Gasteiger partial charge in [0.25, 0.3) is 0 Å². The Labute approximate surface area is 83.9 Å². The first kappa shape index (κ1) is 12.9. The molecule has 0 aliphatic rings. The van der Waals surface area contributed by atoms with E-state index in [0.717, 1.165) is 0 Å². The second-order valence-corrected chi connectivity index (χ2v) is 3.68. The number of hydrogen-bond donors (Lipinski definition) is 0. The first-order chi connectivity index (χ1) is 6.24. The summed E-state index contributed by atoms with van der Waals surface area (Å²) < 4.78 is 0. The molecule has 0 aliphatic carbocycles. The Morgan fingerprint density at radius 3 is 1.92 bits per heavy atom. The molecular weight excluding hydrogens is 160 g/mol. The minimum absolute atomic E-state index is 1.18. The van der Waals surface area contributed by atoms with E-state index in [1.54, 1.807) is 0 Å². The molecule has 0 saturated heterocycles. The Morgan fingerprint density at radius 2 is 1.46 bits per heavy atom. The van der Waals surface area contributed by atoms with Crippen LogP contribution < -0.4 is 0 Å². The molecule has 2 nitrogen and oxygen atoms in total. The molecule has 0 spiro atoms. The van der Waals surface area contributed by atoms with Crippen LogP contribution in [0.1, 0.15) is 33.6 Å². The molecule has 0 atom stereocenters. The molecule has 0 amide bonds. The van der Waals surface area contributed by atoms with E-state index in [1.807, 2.05) is 0 Å². The predicted molar refractivity (Wildman–Crippen MR) is 60.2 cm³/mol. The van der Waals surface area contributed by atoms with Crippen molar-refractivity contribution in [2.24, 2.45) is 0 Å². The topological polar surface area (TPSA) is 6.48 Å². The van der Waals surface area contributed by atoms with Gasteiger partial charge in [0.1, 0.15) is 0 Å². The standard InChI is InChI=1S/C11H26N2/c1-5-8-9-12(4)10-11-13(6-2)7-3/h5-11H2,1-4H3. The molecule has 0 fully saturated rings. The number of hydrogen-bond acceptors (Lipinski definition) is 2. The minimum atomic E-state index is 1.18. The van der Waals surface area contributed by atoms with Gasteiger partial charge < -0.3 is 9.80 Å². The van der Waals surface area contributed by atoms with Gasteiger partial charge in [0.05, 0.1) is 0 Å². The third-order valence-electron chi connectivity index (χ3n) is 2.59. The molecule has 0 aromatic heterocycles. The molecule has 2 heteroatoms. The zero-order valence-corrected chi connectivity index (χ0v) is 9.84. The van der Waals surface area contributed by atoms with Crippen LogP contribution in [0.3, 0.4) is 0 Å². The Morgan fingerprint density at radius 1 is 0.846 bits per heavy atom. The molecule has 13 heavy (non-hydrogen) atoms. The second kappa shape index (κ2) is 8.52. The van der Waals surface area contributed by atoms with Gasteiger partial charge in [0.15, 0.2) is 0 Å². The third kappa shape index (κ3) is 7.03. The largest absolute Gasteiger partial charge is 0.305 e. The molecule has 0 unspecified atom stereocenters. The molecule has 0 heterocycles. The zero-order valence-electron chi connectivity index (χ0n) is 9.84. The highest BCUT2D eigenvalue weighted by Gasteiger charge is 2.01. The van der Waals surface area contributed by atoms with E-state index in [-0.39, 0.29) is 0 Å². The molecule has 0 radical (unpaired) electrons. The molecule has 0 aromatic carbocycles. The van der Waals surface area contributed by atoms with Gasteiger partial charge in [-0.3, -0.25) is 0 Å². The van der Waals surface area contributed by atoms with Crippen LogP contribution in [0.5, 0.6) is 0 Å². The van der Waals surface area contributed by atoms with Crippen molar-refractivity contribution >= 4 is 0 Å². The van der Waals surface area contributed by atoms with Crippen LogP contribution in [0.2, 0.25) is 0 Å². The smallest absolute Gasteiger partial charge is 0.0109 e. The maximum Gasteiger partial charge on any atom is 0.0109 e. The van der Waals surface area contributed by atoms with E-state index in [1.165, 1.54) is 45.6 Å². The van der Waals surface area contributed by atoms with Gasteiger partial charge in [0, 0.05) is 13.1 Å². The van der Waals surface area contributed by atoms with Crippen LogP contribution >= 0.6 is 0 Å². The third-order valence-corrected chi connectivity index (χ3v) is 2.59. The van der Waals surface area contributed by atoms with Crippen molar-refractivity contribution in [1.29, 1.82) is 0 Å². The highest BCUT2D eigenvalue weighted by atomic mass is 15.2. The molecular formula is C11H26N2. The Bertz CT molecular complexity index is 100. The second-order valence-electron chi connectivity index (χ2n) is 3.68. The summed E-state index contributed by atoms with van der Waals surface area (Å²) in [7, 11) is 2.22. The lowest BCUT2D eigenvalue weighted by molar-refractivity contribution is 0.239. The van der Waals surface area contributed by atoms with Crippen molar-refractivity contribution in [3.8, 4) is 0 Å². The van der Waals surface area contributed by atoms with E-state index in [2.05, 4.69) is 37.6 Å². The molecule has 0 aliphatic heterocycles. The van der Waals surface area contributed by atoms with Crippen LogP contribution in [0, 0.1) is 0 Å². The fourth-order valence-electron chi connectivity index (χ4n) is 1.39.